The molecule has 1 N–H and O–H groups in total. The van der Waals surface area contributed by atoms with Crippen molar-refractivity contribution in [1.29, 1.82) is 0 Å². The average Bonchev–Trinajstić information content (AvgIpc) is 2.35. The summed E-state index contributed by atoms with van der Waals surface area (Å²) in [6.45, 7) is 5.08. The fourth-order valence-corrected chi connectivity index (χ4v) is 2.45. The van der Waals surface area contributed by atoms with Gasteiger partial charge in [0.1, 0.15) is 5.82 Å². The van der Waals surface area contributed by atoms with Gasteiger partial charge < -0.3 is 10.2 Å². The number of carbonyl (C=O) groups is 1. The Labute approximate surface area is 107 Å². The van der Waals surface area contributed by atoms with E-state index in [2.05, 4.69) is 5.32 Å². The van der Waals surface area contributed by atoms with Crippen LogP contribution >= 0.6 is 0 Å². The summed E-state index contributed by atoms with van der Waals surface area (Å²) in [4.78, 5) is 13.5. The number of nitrogens with one attached hydrogen (secondary N) is 1. The van der Waals surface area contributed by atoms with Crippen LogP contribution in [0.2, 0.25) is 0 Å². The second-order valence-corrected chi connectivity index (χ2v) is 4.80. The highest BCUT2D eigenvalue weighted by atomic mass is 19.1. The van der Waals surface area contributed by atoms with Gasteiger partial charge in [0.05, 0.1) is 0 Å². The number of hydrogen-bond donors (Lipinski definition) is 1. The molecule has 0 unspecified atom stereocenters. The van der Waals surface area contributed by atoms with Crippen molar-refractivity contribution in [1.82, 2.24) is 5.32 Å². The first-order valence-corrected chi connectivity index (χ1v) is 6.36. The molecule has 1 amide bonds. The molecule has 1 saturated heterocycles. The summed E-state index contributed by atoms with van der Waals surface area (Å²) in [6, 6.07) is 5.17. The molecule has 18 heavy (non-hydrogen) atoms. The first-order valence-electron chi connectivity index (χ1n) is 6.36. The van der Waals surface area contributed by atoms with Crippen molar-refractivity contribution >= 4 is 11.6 Å². The Morgan fingerprint density at radius 3 is 2.61 bits per heavy atom. The summed E-state index contributed by atoms with van der Waals surface area (Å²) in [6.07, 6.45) is 1.82. The summed E-state index contributed by atoms with van der Waals surface area (Å²) in [5.74, 6) is -0.280. The van der Waals surface area contributed by atoms with E-state index in [9.17, 15) is 9.18 Å². The van der Waals surface area contributed by atoms with E-state index < -0.39 is 0 Å². The zero-order valence-corrected chi connectivity index (χ0v) is 10.9. The molecule has 0 spiro atoms. The number of benzene rings is 1. The van der Waals surface area contributed by atoms with Crippen LogP contribution in [0.15, 0.2) is 18.2 Å². The monoisotopic (exact) mass is 250 g/mol. The Bertz CT molecular complexity index is 441. The van der Waals surface area contributed by atoms with Crippen LogP contribution in [0.3, 0.4) is 0 Å². The van der Waals surface area contributed by atoms with Crippen LogP contribution in [0.1, 0.15) is 25.3 Å². The van der Waals surface area contributed by atoms with Gasteiger partial charge in [0.15, 0.2) is 0 Å². The first-order chi connectivity index (χ1) is 8.59. The summed E-state index contributed by atoms with van der Waals surface area (Å²) in [5.41, 5.74) is 1.27. The molecular weight excluding hydrogens is 231 g/mol. The molecule has 0 atom stereocenters. The molecule has 0 bridgehead atoms. The van der Waals surface area contributed by atoms with E-state index >= 15 is 0 Å². The SMILES string of the molecule is CC(=O)N(c1ccc(C)c(F)c1)C1CCNCC1. The van der Waals surface area contributed by atoms with E-state index in [0.717, 1.165) is 25.9 Å². The van der Waals surface area contributed by atoms with Crippen LogP contribution in [0.4, 0.5) is 10.1 Å². The van der Waals surface area contributed by atoms with Crippen LogP contribution in [0, 0.1) is 12.7 Å². The van der Waals surface area contributed by atoms with Gasteiger partial charge in [0, 0.05) is 18.7 Å². The minimum absolute atomic E-state index is 0.0230. The maximum absolute atomic E-state index is 13.6. The largest absolute Gasteiger partial charge is 0.317 e. The minimum Gasteiger partial charge on any atom is -0.317 e. The lowest BCUT2D eigenvalue weighted by atomic mass is 10.0. The van der Waals surface area contributed by atoms with Gasteiger partial charge in [-0.1, -0.05) is 6.07 Å². The number of piperidine rings is 1. The number of carbonyl (C=O) groups excluding carboxylic acids is 1. The van der Waals surface area contributed by atoms with Gasteiger partial charge in [0.25, 0.3) is 0 Å². The fraction of sp³-hybridized carbons (Fsp3) is 0.500. The van der Waals surface area contributed by atoms with Gasteiger partial charge in [-0.2, -0.15) is 0 Å². The predicted octanol–water partition coefficient (Wildman–Crippen LogP) is 2.24. The normalized spacial score (nSPS) is 16.6. The Hall–Kier alpha value is -1.42. The Kier molecular flexibility index (Phi) is 3.97. The van der Waals surface area contributed by atoms with Crippen molar-refractivity contribution in [2.24, 2.45) is 0 Å². The van der Waals surface area contributed by atoms with Crippen molar-refractivity contribution < 1.29 is 9.18 Å². The second kappa shape index (κ2) is 5.48. The van der Waals surface area contributed by atoms with Gasteiger partial charge in [-0.05, 0) is 50.6 Å². The number of aryl methyl sites for hydroxylation is 1. The molecule has 98 valence electrons. The third-order valence-corrected chi connectivity index (χ3v) is 3.45. The lowest BCUT2D eigenvalue weighted by Gasteiger charge is -2.34. The lowest BCUT2D eigenvalue weighted by molar-refractivity contribution is -0.117. The summed E-state index contributed by atoms with van der Waals surface area (Å²) in [5, 5.41) is 3.27. The third kappa shape index (κ3) is 2.70. The molecule has 1 aromatic carbocycles. The average molecular weight is 250 g/mol. The molecule has 1 aliphatic rings. The summed E-state index contributed by atoms with van der Waals surface area (Å²) >= 11 is 0. The maximum Gasteiger partial charge on any atom is 0.224 e. The molecule has 3 nitrogen and oxygen atoms in total. The molecular formula is C14H19FN2O. The number of amides is 1. The Morgan fingerprint density at radius 1 is 1.39 bits per heavy atom. The van der Waals surface area contributed by atoms with Crippen molar-refractivity contribution in [2.45, 2.75) is 32.7 Å². The van der Waals surface area contributed by atoms with Crippen molar-refractivity contribution in [3.05, 3.63) is 29.6 Å². The zero-order valence-electron chi connectivity index (χ0n) is 10.9. The van der Waals surface area contributed by atoms with E-state index in [1.165, 1.54) is 6.07 Å². The molecule has 4 heteroatoms. The van der Waals surface area contributed by atoms with E-state index in [0.29, 0.717) is 11.3 Å². The van der Waals surface area contributed by atoms with Crippen LogP contribution < -0.4 is 10.2 Å². The Morgan fingerprint density at radius 2 is 2.06 bits per heavy atom. The highest BCUT2D eigenvalue weighted by molar-refractivity contribution is 5.92. The molecule has 1 aliphatic heterocycles. The zero-order chi connectivity index (χ0) is 13.1. The standard InChI is InChI=1S/C14H19FN2O/c1-10-3-4-13(9-14(10)15)17(11(2)18)12-5-7-16-8-6-12/h3-4,9,12,16H,5-8H2,1-2H3. The van der Waals surface area contributed by atoms with Crippen LogP contribution in [0.5, 0.6) is 0 Å². The molecule has 0 aromatic heterocycles. The smallest absolute Gasteiger partial charge is 0.224 e. The number of halogens is 1. The highest BCUT2D eigenvalue weighted by Gasteiger charge is 2.24. The molecule has 2 rings (SSSR count). The number of nitrogens with zero attached hydrogens (tertiary/aromatic N) is 1. The second-order valence-electron chi connectivity index (χ2n) is 4.80. The van der Waals surface area contributed by atoms with Crippen molar-refractivity contribution in [3.63, 3.8) is 0 Å². The highest BCUT2D eigenvalue weighted by Crippen LogP contribution is 2.24. The van der Waals surface area contributed by atoms with Gasteiger partial charge >= 0.3 is 0 Å². The van der Waals surface area contributed by atoms with Gasteiger partial charge in [-0.25, -0.2) is 4.39 Å². The molecule has 0 radical (unpaired) electrons. The molecule has 0 aliphatic carbocycles. The van der Waals surface area contributed by atoms with Gasteiger partial charge in [0.2, 0.25) is 5.91 Å². The molecule has 0 saturated carbocycles. The van der Waals surface area contributed by atoms with Crippen molar-refractivity contribution in [2.75, 3.05) is 18.0 Å². The molecule has 1 heterocycles. The van der Waals surface area contributed by atoms with E-state index in [1.54, 1.807) is 24.8 Å². The lowest BCUT2D eigenvalue weighted by Crippen LogP contribution is -2.45. The summed E-state index contributed by atoms with van der Waals surface area (Å²) < 4.78 is 13.6. The molecule has 1 fully saturated rings. The number of anilines is 1. The van der Waals surface area contributed by atoms with Crippen molar-refractivity contribution in [3.8, 4) is 0 Å². The first kappa shape index (κ1) is 13.0. The minimum atomic E-state index is -0.257. The van der Waals surface area contributed by atoms with Crippen LogP contribution in [0.25, 0.3) is 0 Å². The predicted molar refractivity (Wildman–Crippen MR) is 70.2 cm³/mol. The number of hydrogen-bond acceptors (Lipinski definition) is 2. The van der Waals surface area contributed by atoms with Gasteiger partial charge in [-0.3, -0.25) is 4.79 Å². The van der Waals surface area contributed by atoms with Crippen LogP contribution in [-0.2, 0) is 4.79 Å². The quantitative estimate of drug-likeness (QED) is 0.873. The van der Waals surface area contributed by atoms with E-state index in [1.807, 2.05) is 6.07 Å². The van der Waals surface area contributed by atoms with E-state index in [4.69, 9.17) is 0 Å². The maximum atomic E-state index is 13.6. The third-order valence-electron chi connectivity index (χ3n) is 3.45. The van der Waals surface area contributed by atoms with Gasteiger partial charge in [-0.15, -0.1) is 0 Å². The topological polar surface area (TPSA) is 32.3 Å². The molecule has 1 aromatic rings. The van der Waals surface area contributed by atoms with Crippen LogP contribution in [-0.4, -0.2) is 25.0 Å². The van der Waals surface area contributed by atoms with E-state index in [-0.39, 0.29) is 17.8 Å². The summed E-state index contributed by atoms with van der Waals surface area (Å²) in [7, 11) is 0. The number of rotatable bonds is 2. The Balaban J connectivity index is 2.28. The fourth-order valence-electron chi connectivity index (χ4n) is 2.45.